The molecule has 3 heteroatoms. The van der Waals surface area contributed by atoms with Crippen molar-refractivity contribution in [1.82, 2.24) is 4.90 Å². The van der Waals surface area contributed by atoms with Crippen molar-refractivity contribution in [3.8, 4) is 0 Å². The molecule has 0 aromatic rings. The van der Waals surface area contributed by atoms with Gasteiger partial charge in [0.1, 0.15) is 0 Å². The second-order valence-electron chi connectivity index (χ2n) is 8.33. The molecule has 0 spiro atoms. The molecule has 1 heterocycles. The van der Waals surface area contributed by atoms with Gasteiger partial charge in [0.05, 0.1) is 6.04 Å². The predicted molar refractivity (Wildman–Crippen MR) is 87.7 cm³/mol. The summed E-state index contributed by atoms with van der Waals surface area (Å²) < 4.78 is 0. The van der Waals surface area contributed by atoms with Crippen molar-refractivity contribution in [3.05, 3.63) is 0 Å². The fraction of sp³-hybridized carbons (Fsp3) is 0.944. The zero-order valence-electron chi connectivity index (χ0n) is 13.4. The molecule has 5 fully saturated rings. The summed E-state index contributed by atoms with van der Waals surface area (Å²) in [6.45, 7) is 4.50. The molecule has 120 valence electrons. The molecule has 1 saturated heterocycles. The van der Waals surface area contributed by atoms with Gasteiger partial charge < -0.3 is 0 Å². The molecule has 4 bridgehead atoms. The lowest BCUT2D eigenvalue weighted by Crippen LogP contribution is -2.55. The van der Waals surface area contributed by atoms with Crippen LogP contribution in [0.1, 0.15) is 64.7 Å². The standard InChI is InChI=1S/C18H29NO.ClH/c1-13(19-5-3-2-4-6-19)17(20)18-10-14-7-15(11-18)9-16(8-14)12-18;/h13-16H,2-12H2,1H3;1H. The minimum absolute atomic E-state index is 0. The fourth-order valence-corrected chi connectivity index (χ4v) is 6.33. The number of piperidine rings is 1. The van der Waals surface area contributed by atoms with Crippen molar-refractivity contribution in [3.63, 3.8) is 0 Å². The molecular formula is C18H30ClNO. The van der Waals surface area contributed by atoms with Gasteiger partial charge in [-0.25, -0.2) is 0 Å². The smallest absolute Gasteiger partial charge is 0.155 e. The third kappa shape index (κ3) is 2.67. The van der Waals surface area contributed by atoms with Gasteiger partial charge in [0.15, 0.2) is 5.78 Å². The lowest BCUT2D eigenvalue weighted by atomic mass is 9.48. The van der Waals surface area contributed by atoms with Crippen LogP contribution in [0.4, 0.5) is 0 Å². The molecule has 1 aliphatic heterocycles. The number of nitrogens with zero attached hydrogens (tertiary/aromatic N) is 1. The SMILES string of the molecule is CC(C(=O)C12CC3CC(CC(C3)C1)C2)N1CCCCC1.Cl. The van der Waals surface area contributed by atoms with Crippen LogP contribution in [-0.2, 0) is 4.79 Å². The molecule has 0 aromatic heterocycles. The molecular weight excluding hydrogens is 282 g/mol. The summed E-state index contributed by atoms with van der Waals surface area (Å²) in [6, 6.07) is 0.187. The van der Waals surface area contributed by atoms with Crippen molar-refractivity contribution < 1.29 is 4.79 Å². The number of carbonyl (C=O) groups is 1. The van der Waals surface area contributed by atoms with Gasteiger partial charge in [0.25, 0.3) is 0 Å². The first-order valence-electron chi connectivity index (χ1n) is 8.95. The summed E-state index contributed by atoms with van der Waals surface area (Å²) in [4.78, 5) is 15.7. The van der Waals surface area contributed by atoms with E-state index in [1.807, 2.05) is 0 Å². The van der Waals surface area contributed by atoms with Crippen LogP contribution in [0.15, 0.2) is 0 Å². The maximum absolute atomic E-state index is 13.3. The fourth-order valence-electron chi connectivity index (χ4n) is 6.33. The van der Waals surface area contributed by atoms with E-state index in [0.29, 0.717) is 5.78 Å². The second kappa shape index (κ2) is 5.85. The van der Waals surface area contributed by atoms with Gasteiger partial charge in [0.2, 0.25) is 0 Å². The summed E-state index contributed by atoms with van der Waals surface area (Å²) in [5, 5.41) is 0. The van der Waals surface area contributed by atoms with Crippen molar-refractivity contribution in [2.75, 3.05) is 13.1 Å². The van der Waals surface area contributed by atoms with E-state index < -0.39 is 0 Å². The highest BCUT2D eigenvalue weighted by atomic mass is 35.5. The van der Waals surface area contributed by atoms with Crippen LogP contribution in [0.2, 0.25) is 0 Å². The Kier molecular flexibility index (Phi) is 4.40. The van der Waals surface area contributed by atoms with Crippen LogP contribution in [0.3, 0.4) is 0 Å². The largest absolute Gasteiger partial charge is 0.297 e. The highest BCUT2D eigenvalue weighted by Gasteiger charge is 2.55. The normalized spacial score (nSPS) is 43.4. The summed E-state index contributed by atoms with van der Waals surface area (Å²) in [5.41, 5.74) is 0.103. The Labute approximate surface area is 135 Å². The number of hydrogen-bond donors (Lipinski definition) is 0. The van der Waals surface area contributed by atoms with E-state index in [-0.39, 0.29) is 23.9 Å². The van der Waals surface area contributed by atoms with Gasteiger partial charge in [-0.05, 0) is 89.1 Å². The number of ketones is 1. The third-order valence-corrected chi connectivity index (χ3v) is 6.88. The lowest BCUT2D eigenvalue weighted by Gasteiger charge is -2.57. The molecule has 0 N–H and O–H groups in total. The first-order chi connectivity index (χ1) is 9.66. The third-order valence-electron chi connectivity index (χ3n) is 6.88. The average Bonchev–Trinajstić information content (AvgIpc) is 2.45. The van der Waals surface area contributed by atoms with Gasteiger partial charge >= 0.3 is 0 Å². The first-order valence-corrected chi connectivity index (χ1v) is 8.95. The number of likely N-dealkylation sites (tertiary alicyclic amines) is 1. The zero-order chi connectivity index (χ0) is 13.7. The Balaban J connectivity index is 0.00000132. The lowest BCUT2D eigenvalue weighted by molar-refractivity contribution is -0.149. The van der Waals surface area contributed by atoms with Crippen LogP contribution in [0, 0.1) is 23.2 Å². The summed E-state index contributed by atoms with van der Waals surface area (Å²) in [5.74, 6) is 3.29. The predicted octanol–water partition coefficient (Wildman–Crippen LogP) is 4.07. The first kappa shape index (κ1) is 15.8. The molecule has 2 nitrogen and oxygen atoms in total. The van der Waals surface area contributed by atoms with Crippen LogP contribution in [-0.4, -0.2) is 29.8 Å². The minimum Gasteiger partial charge on any atom is -0.297 e. The van der Waals surface area contributed by atoms with Crippen molar-refractivity contribution in [1.29, 1.82) is 0 Å². The van der Waals surface area contributed by atoms with Crippen molar-refractivity contribution in [2.45, 2.75) is 70.8 Å². The molecule has 4 aliphatic carbocycles. The van der Waals surface area contributed by atoms with Crippen LogP contribution in [0.25, 0.3) is 0 Å². The maximum atomic E-state index is 13.3. The van der Waals surface area contributed by atoms with Crippen molar-refractivity contribution in [2.24, 2.45) is 23.2 Å². The van der Waals surface area contributed by atoms with E-state index in [2.05, 4.69) is 11.8 Å². The van der Waals surface area contributed by atoms with Crippen LogP contribution < -0.4 is 0 Å². The molecule has 1 atom stereocenters. The Morgan fingerprint density at radius 3 is 1.90 bits per heavy atom. The monoisotopic (exact) mass is 311 g/mol. The van der Waals surface area contributed by atoms with Gasteiger partial charge in [-0.15, -0.1) is 12.4 Å². The molecule has 0 radical (unpaired) electrons. The number of rotatable bonds is 3. The van der Waals surface area contributed by atoms with Gasteiger partial charge in [0, 0.05) is 5.41 Å². The topological polar surface area (TPSA) is 20.3 Å². The molecule has 1 unspecified atom stereocenters. The summed E-state index contributed by atoms with van der Waals surface area (Å²) in [7, 11) is 0. The maximum Gasteiger partial charge on any atom is 0.155 e. The number of hydrogen-bond acceptors (Lipinski definition) is 2. The highest BCUT2D eigenvalue weighted by molar-refractivity contribution is 5.90. The highest BCUT2D eigenvalue weighted by Crippen LogP contribution is 2.60. The Morgan fingerprint density at radius 1 is 0.952 bits per heavy atom. The Hall–Kier alpha value is -0.0800. The Morgan fingerprint density at radius 2 is 1.43 bits per heavy atom. The quantitative estimate of drug-likeness (QED) is 0.783. The van der Waals surface area contributed by atoms with E-state index in [1.54, 1.807) is 0 Å². The molecule has 21 heavy (non-hydrogen) atoms. The number of Topliss-reactive ketones (excluding diaryl/α,β-unsaturated/α-hetero) is 1. The van der Waals surface area contributed by atoms with E-state index in [9.17, 15) is 4.79 Å². The minimum atomic E-state index is 0. The van der Waals surface area contributed by atoms with E-state index in [1.165, 1.54) is 57.8 Å². The number of halogens is 1. The molecule has 5 rings (SSSR count). The molecule has 4 saturated carbocycles. The summed E-state index contributed by atoms with van der Waals surface area (Å²) >= 11 is 0. The van der Waals surface area contributed by atoms with E-state index in [0.717, 1.165) is 30.8 Å². The van der Waals surface area contributed by atoms with Crippen molar-refractivity contribution >= 4 is 18.2 Å². The van der Waals surface area contributed by atoms with Gasteiger partial charge in [-0.1, -0.05) is 6.42 Å². The van der Waals surface area contributed by atoms with Crippen LogP contribution >= 0.6 is 12.4 Å². The van der Waals surface area contributed by atoms with Gasteiger partial charge in [-0.3, -0.25) is 9.69 Å². The van der Waals surface area contributed by atoms with E-state index >= 15 is 0 Å². The van der Waals surface area contributed by atoms with E-state index in [4.69, 9.17) is 0 Å². The molecule has 0 amide bonds. The summed E-state index contributed by atoms with van der Waals surface area (Å²) in [6.07, 6.45) is 11.9. The number of carbonyl (C=O) groups excluding carboxylic acids is 1. The average molecular weight is 312 g/mol. The zero-order valence-corrected chi connectivity index (χ0v) is 14.2. The Bertz CT molecular complexity index is 367. The second-order valence-corrected chi connectivity index (χ2v) is 8.33. The van der Waals surface area contributed by atoms with Gasteiger partial charge in [-0.2, -0.15) is 0 Å². The molecule has 0 aromatic carbocycles. The molecule has 5 aliphatic rings. The van der Waals surface area contributed by atoms with Crippen LogP contribution in [0.5, 0.6) is 0 Å².